The Bertz CT molecular complexity index is 764. The fourth-order valence-corrected chi connectivity index (χ4v) is 2.73. The van der Waals surface area contributed by atoms with Gasteiger partial charge in [-0.05, 0) is 45.1 Å². The second kappa shape index (κ2) is 9.32. The summed E-state index contributed by atoms with van der Waals surface area (Å²) in [7, 11) is 3.86. The lowest BCUT2D eigenvalue weighted by Gasteiger charge is -2.25. The third-order valence-corrected chi connectivity index (χ3v) is 4.23. The first-order valence-electron chi connectivity index (χ1n) is 8.60. The Labute approximate surface area is 158 Å². The van der Waals surface area contributed by atoms with Crippen LogP contribution >= 0.6 is 0 Å². The Morgan fingerprint density at radius 3 is 2.37 bits per heavy atom. The molecule has 0 aromatic heterocycles. The molecule has 1 unspecified atom stereocenters. The minimum atomic E-state index is -2.96. The number of rotatable bonds is 7. The molecule has 2 amide bonds. The minimum Gasteiger partial charge on any atom is -0.433 e. The van der Waals surface area contributed by atoms with Crippen LogP contribution in [0.1, 0.15) is 22.7 Å². The summed E-state index contributed by atoms with van der Waals surface area (Å²) in [6.45, 7) is 1.12. The van der Waals surface area contributed by atoms with Crippen LogP contribution < -0.4 is 15.4 Å². The molecular formula is C20H25F2N3O2. The van der Waals surface area contributed by atoms with Crippen molar-refractivity contribution in [1.82, 2.24) is 10.2 Å². The summed E-state index contributed by atoms with van der Waals surface area (Å²) in [6.07, 6.45) is 0. The highest BCUT2D eigenvalue weighted by Gasteiger charge is 2.17. The Morgan fingerprint density at radius 2 is 1.78 bits per heavy atom. The molecule has 0 aliphatic heterocycles. The molecule has 27 heavy (non-hydrogen) atoms. The largest absolute Gasteiger partial charge is 0.433 e. The minimum absolute atomic E-state index is 0.0231. The van der Waals surface area contributed by atoms with Crippen LogP contribution in [-0.4, -0.2) is 38.2 Å². The number of anilines is 1. The van der Waals surface area contributed by atoms with E-state index < -0.39 is 12.6 Å². The fourth-order valence-electron chi connectivity index (χ4n) is 2.73. The summed E-state index contributed by atoms with van der Waals surface area (Å²) >= 11 is 0. The summed E-state index contributed by atoms with van der Waals surface area (Å²) in [6, 6.07) is 12.3. The van der Waals surface area contributed by atoms with Gasteiger partial charge in [0.15, 0.2) is 0 Å². The van der Waals surface area contributed by atoms with Crippen LogP contribution in [0.4, 0.5) is 19.3 Å². The van der Waals surface area contributed by atoms with Crippen molar-refractivity contribution in [2.75, 3.05) is 26.0 Å². The molecule has 7 heteroatoms. The molecule has 1 atom stereocenters. The molecular weight excluding hydrogens is 352 g/mol. The van der Waals surface area contributed by atoms with Gasteiger partial charge in [-0.1, -0.05) is 42.0 Å². The van der Waals surface area contributed by atoms with Crippen LogP contribution in [0.25, 0.3) is 0 Å². The number of carbonyl (C=O) groups excluding carboxylic acids is 1. The number of nitrogens with one attached hydrogen (secondary N) is 2. The zero-order chi connectivity index (χ0) is 20.0. The van der Waals surface area contributed by atoms with Crippen molar-refractivity contribution in [3.63, 3.8) is 0 Å². The highest BCUT2D eigenvalue weighted by atomic mass is 19.3. The summed E-state index contributed by atoms with van der Waals surface area (Å²) in [5.41, 5.74) is 3.09. The summed E-state index contributed by atoms with van der Waals surface area (Å²) in [4.78, 5) is 14.3. The van der Waals surface area contributed by atoms with Crippen LogP contribution in [0.3, 0.4) is 0 Å². The van der Waals surface area contributed by atoms with Gasteiger partial charge in [0.05, 0.1) is 11.7 Å². The van der Waals surface area contributed by atoms with Crippen LogP contribution in [-0.2, 0) is 0 Å². The maximum Gasteiger partial charge on any atom is 0.387 e. The van der Waals surface area contributed by atoms with Gasteiger partial charge in [0.1, 0.15) is 5.75 Å². The van der Waals surface area contributed by atoms with E-state index in [1.165, 1.54) is 6.07 Å². The smallest absolute Gasteiger partial charge is 0.387 e. The van der Waals surface area contributed by atoms with Gasteiger partial charge >= 0.3 is 12.6 Å². The van der Waals surface area contributed by atoms with E-state index in [4.69, 9.17) is 0 Å². The van der Waals surface area contributed by atoms with E-state index in [1.807, 2.05) is 50.2 Å². The van der Waals surface area contributed by atoms with Gasteiger partial charge in [-0.2, -0.15) is 8.78 Å². The molecule has 2 aromatic rings. The number of hydrogen-bond donors (Lipinski definition) is 2. The van der Waals surface area contributed by atoms with E-state index >= 15 is 0 Å². The molecule has 0 radical (unpaired) electrons. The number of hydrogen-bond acceptors (Lipinski definition) is 3. The normalized spacial score (nSPS) is 12.1. The quantitative estimate of drug-likeness (QED) is 0.755. The molecule has 5 nitrogen and oxygen atoms in total. The maximum atomic E-state index is 12.6. The number of carbonyl (C=O) groups is 1. The van der Waals surface area contributed by atoms with Gasteiger partial charge in [0, 0.05) is 6.54 Å². The molecule has 0 bridgehead atoms. The Hall–Kier alpha value is -2.67. The van der Waals surface area contributed by atoms with Crippen molar-refractivity contribution in [3.05, 3.63) is 59.2 Å². The van der Waals surface area contributed by atoms with E-state index in [1.54, 1.807) is 19.1 Å². The van der Waals surface area contributed by atoms with Crippen LogP contribution in [0.5, 0.6) is 5.75 Å². The standard InChI is InChI=1S/C20H25F2N3O2/c1-13-8-10-15(11-9-13)16(25(3)4)12-23-20(26)24-18-14(2)6-5-7-17(18)27-19(21)22/h5-11,16,19H,12H2,1-4H3,(H2,23,24,26). The predicted molar refractivity (Wildman–Crippen MR) is 102 cm³/mol. The number of nitrogens with zero attached hydrogens (tertiary/aromatic N) is 1. The van der Waals surface area contributed by atoms with Crippen molar-refractivity contribution in [3.8, 4) is 5.75 Å². The van der Waals surface area contributed by atoms with E-state index in [0.29, 0.717) is 12.1 Å². The van der Waals surface area contributed by atoms with E-state index in [2.05, 4.69) is 15.4 Å². The number of halogens is 2. The molecule has 0 saturated carbocycles. The average Bonchev–Trinajstić information content (AvgIpc) is 2.59. The van der Waals surface area contributed by atoms with Crippen LogP contribution in [0.15, 0.2) is 42.5 Å². The number of likely N-dealkylation sites (N-methyl/N-ethyl adjacent to an activating group) is 1. The highest BCUT2D eigenvalue weighted by Crippen LogP contribution is 2.29. The number of para-hydroxylation sites is 1. The number of amides is 2. The predicted octanol–water partition coefficient (Wildman–Crippen LogP) is 4.33. The molecule has 0 heterocycles. The number of aryl methyl sites for hydroxylation is 2. The highest BCUT2D eigenvalue weighted by molar-refractivity contribution is 5.92. The van der Waals surface area contributed by atoms with Gasteiger partial charge in [0.2, 0.25) is 0 Å². The number of urea groups is 1. The lowest BCUT2D eigenvalue weighted by atomic mass is 10.0. The summed E-state index contributed by atoms with van der Waals surface area (Å²) in [5.74, 6) is -0.0668. The lowest BCUT2D eigenvalue weighted by molar-refractivity contribution is -0.0493. The zero-order valence-corrected chi connectivity index (χ0v) is 15.9. The van der Waals surface area contributed by atoms with Gasteiger partial charge < -0.3 is 20.3 Å². The lowest BCUT2D eigenvalue weighted by Crippen LogP contribution is -2.37. The molecule has 0 saturated heterocycles. The summed E-state index contributed by atoms with van der Waals surface area (Å²) in [5, 5.41) is 5.41. The first-order valence-corrected chi connectivity index (χ1v) is 8.60. The SMILES string of the molecule is Cc1ccc(C(CNC(=O)Nc2c(C)cccc2OC(F)F)N(C)C)cc1. The fraction of sp³-hybridized carbons (Fsp3) is 0.350. The second-order valence-corrected chi connectivity index (χ2v) is 6.55. The topological polar surface area (TPSA) is 53.6 Å². The molecule has 0 aliphatic rings. The second-order valence-electron chi connectivity index (χ2n) is 6.55. The number of benzene rings is 2. The number of ether oxygens (including phenoxy) is 1. The van der Waals surface area contributed by atoms with Crippen molar-refractivity contribution in [2.45, 2.75) is 26.5 Å². The number of alkyl halides is 2. The zero-order valence-electron chi connectivity index (χ0n) is 15.9. The Morgan fingerprint density at radius 1 is 1.11 bits per heavy atom. The molecule has 0 spiro atoms. The van der Waals surface area contributed by atoms with E-state index in [9.17, 15) is 13.6 Å². The third-order valence-electron chi connectivity index (χ3n) is 4.23. The Balaban J connectivity index is 2.06. The molecule has 146 valence electrons. The third kappa shape index (κ3) is 5.92. The monoisotopic (exact) mass is 377 g/mol. The van der Waals surface area contributed by atoms with Crippen LogP contribution in [0, 0.1) is 13.8 Å². The maximum absolute atomic E-state index is 12.6. The van der Waals surface area contributed by atoms with Gasteiger partial charge in [0.25, 0.3) is 0 Å². The van der Waals surface area contributed by atoms with Crippen molar-refractivity contribution < 1.29 is 18.3 Å². The van der Waals surface area contributed by atoms with Crippen molar-refractivity contribution >= 4 is 11.7 Å². The first-order chi connectivity index (χ1) is 12.8. The average molecular weight is 377 g/mol. The van der Waals surface area contributed by atoms with E-state index in [-0.39, 0.29) is 17.5 Å². The molecule has 2 rings (SSSR count). The summed E-state index contributed by atoms with van der Waals surface area (Å²) < 4.78 is 29.6. The first kappa shape index (κ1) is 20.6. The van der Waals surface area contributed by atoms with Crippen molar-refractivity contribution in [2.24, 2.45) is 0 Å². The molecule has 2 N–H and O–H groups in total. The van der Waals surface area contributed by atoms with E-state index in [0.717, 1.165) is 11.1 Å². The molecule has 2 aromatic carbocycles. The van der Waals surface area contributed by atoms with Gasteiger partial charge in [-0.25, -0.2) is 4.79 Å². The Kier molecular flexibility index (Phi) is 7.12. The van der Waals surface area contributed by atoms with Gasteiger partial charge in [-0.3, -0.25) is 0 Å². The van der Waals surface area contributed by atoms with Crippen molar-refractivity contribution in [1.29, 1.82) is 0 Å². The van der Waals surface area contributed by atoms with Gasteiger partial charge in [-0.15, -0.1) is 0 Å². The van der Waals surface area contributed by atoms with Crippen LogP contribution in [0.2, 0.25) is 0 Å². The molecule has 0 fully saturated rings. The molecule has 0 aliphatic carbocycles.